The van der Waals surface area contributed by atoms with Gasteiger partial charge < -0.3 is 18.9 Å². The highest BCUT2D eigenvalue weighted by Gasteiger charge is 2.30. The van der Waals surface area contributed by atoms with Crippen LogP contribution >= 0.6 is 31.9 Å². The topological polar surface area (TPSA) is 36.9 Å². The summed E-state index contributed by atoms with van der Waals surface area (Å²) >= 11 is 7.22. The normalized spacial score (nSPS) is 13.6. The molecule has 0 aliphatic heterocycles. The third-order valence-electron chi connectivity index (χ3n) is 4.58. The van der Waals surface area contributed by atoms with E-state index in [1.807, 2.05) is 0 Å². The highest BCUT2D eigenvalue weighted by Crippen LogP contribution is 2.55. The summed E-state index contributed by atoms with van der Waals surface area (Å²) in [7, 11) is 6.73. The van der Waals surface area contributed by atoms with Crippen LogP contribution in [0.2, 0.25) is 0 Å². The average Bonchev–Trinajstić information content (AvgIpc) is 2.61. The van der Waals surface area contributed by atoms with Crippen molar-refractivity contribution in [2.24, 2.45) is 0 Å². The van der Waals surface area contributed by atoms with Gasteiger partial charge in [-0.1, -0.05) is 0 Å². The van der Waals surface area contributed by atoms with Crippen LogP contribution in [0.4, 0.5) is 0 Å². The van der Waals surface area contributed by atoms with Gasteiger partial charge in [0, 0.05) is 11.1 Å². The van der Waals surface area contributed by atoms with Gasteiger partial charge in [0.05, 0.1) is 48.2 Å². The van der Waals surface area contributed by atoms with Crippen molar-refractivity contribution >= 4 is 42.6 Å². The molecule has 0 unspecified atom stereocenters. The standard InChI is InChI=1S/C18H20Br2O4/c1-21-15-9-7-5-6-8-10(9)16(22-2)12-11(15)17(23-3)13(19)14(20)18(12)24-4/h5-8H2,1-4H3. The zero-order valence-electron chi connectivity index (χ0n) is 14.2. The van der Waals surface area contributed by atoms with Gasteiger partial charge in [0.15, 0.2) is 0 Å². The summed E-state index contributed by atoms with van der Waals surface area (Å²) in [5, 5.41) is 1.76. The van der Waals surface area contributed by atoms with E-state index in [-0.39, 0.29) is 0 Å². The first-order valence-corrected chi connectivity index (χ1v) is 9.37. The van der Waals surface area contributed by atoms with Crippen molar-refractivity contribution in [1.29, 1.82) is 0 Å². The first-order chi connectivity index (χ1) is 11.6. The molecule has 2 aromatic rings. The summed E-state index contributed by atoms with van der Waals surface area (Å²) in [6.07, 6.45) is 4.25. The zero-order chi connectivity index (χ0) is 17.4. The summed E-state index contributed by atoms with van der Waals surface area (Å²) in [4.78, 5) is 0. The van der Waals surface area contributed by atoms with E-state index in [0.717, 1.165) is 56.9 Å². The summed E-state index contributed by atoms with van der Waals surface area (Å²) in [5.41, 5.74) is 2.42. The molecule has 3 rings (SSSR count). The summed E-state index contributed by atoms with van der Waals surface area (Å²) in [5.74, 6) is 3.12. The van der Waals surface area contributed by atoms with Gasteiger partial charge >= 0.3 is 0 Å². The van der Waals surface area contributed by atoms with E-state index in [4.69, 9.17) is 18.9 Å². The molecule has 0 saturated carbocycles. The number of fused-ring (bicyclic) bond motifs is 2. The molecule has 0 amide bonds. The maximum absolute atomic E-state index is 5.84. The lowest BCUT2D eigenvalue weighted by Crippen LogP contribution is -2.09. The van der Waals surface area contributed by atoms with E-state index < -0.39 is 0 Å². The summed E-state index contributed by atoms with van der Waals surface area (Å²) in [6.45, 7) is 0. The summed E-state index contributed by atoms with van der Waals surface area (Å²) in [6, 6.07) is 0. The van der Waals surface area contributed by atoms with Crippen LogP contribution < -0.4 is 18.9 Å². The summed E-state index contributed by atoms with van der Waals surface area (Å²) < 4.78 is 24.7. The van der Waals surface area contributed by atoms with E-state index in [9.17, 15) is 0 Å². The smallest absolute Gasteiger partial charge is 0.146 e. The number of methoxy groups -OCH3 is 4. The van der Waals surface area contributed by atoms with Crippen molar-refractivity contribution < 1.29 is 18.9 Å². The molecule has 0 saturated heterocycles. The molecule has 2 aromatic carbocycles. The van der Waals surface area contributed by atoms with Crippen molar-refractivity contribution in [2.75, 3.05) is 28.4 Å². The van der Waals surface area contributed by atoms with E-state index in [1.165, 1.54) is 11.1 Å². The van der Waals surface area contributed by atoms with Gasteiger partial charge in [-0.25, -0.2) is 0 Å². The molecular formula is C18H20Br2O4. The van der Waals surface area contributed by atoms with Gasteiger partial charge in [-0.3, -0.25) is 0 Å². The van der Waals surface area contributed by atoms with Crippen molar-refractivity contribution in [3.8, 4) is 23.0 Å². The molecule has 0 radical (unpaired) electrons. The Morgan fingerprint density at radius 1 is 0.583 bits per heavy atom. The van der Waals surface area contributed by atoms with Crippen LogP contribution in [0.15, 0.2) is 8.95 Å². The molecule has 1 aliphatic carbocycles. The minimum atomic E-state index is 0.709. The van der Waals surface area contributed by atoms with E-state index in [0.29, 0.717) is 11.5 Å². The molecule has 0 fully saturated rings. The van der Waals surface area contributed by atoms with Crippen molar-refractivity contribution in [3.63, 3.8) is 0 Å². The van der Waals surface area contributed by atoms with Crippen LogP contribution in [0.1, 0.15) is 24.0 Å². The molecule has 0 bridgehead atoms. The van der Waals surface area contributed by atoms with Gasteiger partial charge in [-0.05, 0) is 57.5 Å². The molecule has 0 atom stereocenters. The number of rotatable bonds is 4. The Labute approximate surface area is 158 Å². The number of ether oxygens (including phenoxy) is 4. The Morgan fingerprint density at radius 2 is 0.917 bits per heavy atom. The highest BCUT2D eigenvalue weighted by molar-refractivity contribution is 9.13. The third-order valence-corrected chi connectivity index (χ3v) is 6.63. The molecule has 6 heteroatoms. The first kappa shape index (κ1) is 17.7. The van der Waals surface area contributed by atoms with Crippen molar-refractivity contribution in [1.82, 2.24) is 0 Å². The average molecular weight is 460 g/mol. The first-order valence-electron chi connectivity index (χ1n) is 7.78. The lowest BCUT2D eigenvalue weighted by molar-refractivity contribution is 0.382. The molecular weight excluding hydrogens is 440 g/mol. The fraction of sp³-hybridized carbons (Fsp3) is 0.444. The Kier molecular flexibility index (Phi) is 5.16. The quantitative estimate of drug-likeness (QED) is 0.623. The van der Waals surface area contributed by atoms with Crippen LogP contribution in [0, 0.1) is 0 Å². The minimum Gasteiger partial charge on any atom is -0.496 e. The van der Waals surface area contributed by atoms with Crippen LogP contribution in [-0.2, 0) is 12.8 Å². The SMILES string of the molecule is COc1c(Br)c(Br)c(OC)c2c(OC)c3c(c(OC)c12)CCCC3. The fourth-order valence-electron chi connectivity index (χ4n) is 3.62. The Morgan fingerprint density at radius 3 is 1.21 bits per heavy atom. The molecule has 0 N–H and O–H groups in total. The van der Waals surface area contributed by atoms with E-state index >= 15 is 0 Å². The predicted molar refractivity (Wildman–Crippen MR) is 102 cm³/mol. The number of hydrogen-bond donors (Lipinski definition) is 0. The van der Waals surface area contributed by atoms with Crippen LogP contribution in [0.5, 0.6) is 23.0 Å². The molecule has 130 valence electrons. The van der Waals surface area contributed by atoms with Crippen LogP contribution in [-0.4, -0.2) is 28.4 Å². The van der Waals surface area contributed by atoms with E-state index in [2.05, 4.69) is 31.9 Å². The van der Waals surface area contributed by atoms with Gasteiger partial charge in [0.25, 0.3) is 0 Å². The van der Waals surface area contributed by atoms with Crippen LogP contribution in [0.3, 0.4) is 0 Å². The minimum absolute atomic E-state index is 0.709. The number of hydrogen-bond acceptors (Lipinski definition) is 4. The molecule has 0 spiro atoms. The Hall–Kier alpha value is -1.14. The largest absolute Gasteiger partial charge is 0.496 e. The highest BCUT2D eigenvalue weighted by atomic mass is 79.9. The van der Waals surface area contributed by atoms with Gasteiger partial charge in [-0.2, -0.15) is 0 Å². The Bertz CT molecular complexity index is 736. The third kappa shape index (κ3) is 2.46. The molecule has 4 nitrogen and oxygen atoms in total. The Balaban J connectivity index is 2.62. The maximum Gasteiger partial charge on any atom is 0.146 e. The molecule has 0 aromatic heterocycles. The second kappa shape index (κ2) is 7.00. The van der Waals surface area contributed by atoms with E-state index in [1.54, 1.807) is 28.4 Å². The fourth-order valence-corrected chi connectivity index (χ4v) is 4.70. The molecule has 24 heavy (non-hydrogen) atoms. The lowest BCUT2D eigenvalue weighted by atomic mass is 9.86. The van der Waals surface area contributed by atoms with Crippen LogP contribution in [0.25, 0.3) is 10.8 Å². The van der Waals surface area contributed by atoms with Crippen molar-refractivity contribution in [2.45, 2.75) is 25.7 Å². The van der Waals surface area contributed by atoms with Crippen molar-refractivity contribution in [3.05, 3.63) is 20.1 Å². The monoisotopic (exact) mass is 458 g/mol. The van der Waals surface area contributed by atoms with Gasteiger partial charge in [-0.15, -0.1) is 0 Å². The molecule has 1 aliphatic rings. The molecule has 0 heterocycles. The maximum atomic E-state index is 5.84. The second-order valence-electron chi connectivity index (χ2n) is 5.68. The van der Waals surface area contributed by atoms with Gasteiger partial charge in [0.1, 0.15) is 23.0 Å². The van der Waals surface area contributed by atoms with Gasteiger partial charge in [0.2, 0.25) is 0 Å². The number of halogens is 2. The number of benzene rings is 2. The zero-order valence-corrected chi connectivity index (χ0v) is 17.4. The predicted octanol–water partition coefficient (Wildman–Crippen LogP) is 5.28. The second-order valence-corrected chi connectivity index (χ2v) is 7.26. The lowest BCUT2D eigenvalue weighted by Gasteiger charge is -2.26.